The zero-order valence-electron chi connectivity index (χ0n) is 67.6. The number of hydroxylamine groups is 2. The van der Waals surface area contributed by atoms with Gasteiger partial charge >= 0.3 is 5.97 Å². The number of aryl methyl sites for hydroxylation is 5. The van der Waals surface area contributed by atoms with Crippen LogP contribution in [-0.4, -0.2) is 114 Å². The summed E-state index contributed by atoms with van der Waals surface area (Å²) >= 11 is 26.3. The van der Waals surface area contributed by atoms with Gasteiger partial charge in [-0.1, -0.05) is 76.7 Å². The Morgan fingerprint density at radius 2 is 0.853 bits per heavy atom. The van der Waals surface area contributed by atoms with Crippen LogP contribution in [0.1, 0.15) is 81.8 Å². The van der Waals surface area contributed by atoms with Crippen molar-refractivity contribution in [1.82, 2.24) is 65.1 Å². The van der Waals surface area contributed by atoms with Gasteiger partial charge in [-0.15, -0.1) is 5.10 Å². The lowest BCUT2D eigenvalue weighted by molar-refractivity contribution is -0.168. The molecule has 1 fully saturated rings. The topological polar surface area (TPSA) is 300 Å². The van der Waals surface area contributed by atoms with Crippen molar-refractivity contribution in [3.63, 3.8) is 0 Å². The van der Waals surface area contributed by atoms with Crippen LogP contribution in [0.15, 0.2) is 249 Å². The van der Waals surface area contributed by atoms with Crippen molar-refractivity contribution in [2.45, 2.75) is 82.0 Å². The number of rotatable bonds is 29. The molecule has 15 rings (SSSR count). The molecule has 2 N–H and O–H groups in total. The highest BCUT2D eigenvalue weighted by molar-refractivity contribution is 9.10. The fraction of sp³-hybridized carbons (Fsp3) is 0.178. The van der Waals surface area contributed by atoms with E-state index >= 15 is 0 Å². The largest absolute Gasteiger partial charge is 0.481 e. The molecule has 1 aliphatic rings. The summed E-state index contributed by atoms with van der Waals surface area (Å²) in [5.74, 6) is -4.31. The third-order valence-corrected chi connectivity index (χ3v) is 19.6. The van der Waals surface area contributed by atoms with Crippen LogP contribution in [0.25, 0.3) is 0 Å². The number of benzene rings is 5. The molecule has 5 aromatic carbocycles. The molecule has 0 radical (unpaired) electrons. The maximum absolute atomic E-state index is 14.1. The average Bonchev–Trinajstić information content (AvgIpc) is 1.63. The number of carboxylic acid groups (broad SMARTS) is 1. The SMILES string of the molecule is CON(C)C(=O)CCc1ccc(F)cc1F.Clc1ccc(Oc2ccc(Br)nc2)nc1.Fc1ccc(CCC2(c3ccc(Oc4ccc(Cl)cn4)cn3)CO2)c(F)c1.O=C(CCc1ccc(F)cc1F)c1ccc(Oc2ccc(Cl)cn2)cn1.O=C(O)CCc1ccc(F)cc1F.OC(CCc1ccc(F)cc1F)(Cn1cnnn1)c1ccc(Oc2ccc(Cl)cn2)cn1. The number of halogens is 15. The number of carbonyl (C=O) groups is 3. The second-order valence-electron chi connectivity index (χ2n) is 27.5. The number of hydrogen-bond acceptors (Lipinski definition) is 21. The van der Waals surface area contributed by atoms with Gasteiger partial charge in [0.05, 0.1) is 76.5 Å². The van der Waals surface area contributed by atoms with Gasteiger partial charge in [0.1, 0.15) is 109 Å². The first-order chi connectivity index (χ1) is 61.8. The number of aromatic nitrogens is 12. The summed E-state index contributed by atoms with van der Waals surface area (Å²) in [7, 11) is 2.85. The van der Waals surface area contributed by atoms with Crippen molar-refractivity contribution < 1.29 is 97.0 Å². The Balaban J connectivity index is 0.000000166. The van der Waals surface area contributed by atoms with E-state index in [0.29, 0.717) is 103 Å². The summed E-state index contributed by atoms with van der Waals surface area (Å²) in [6.07, 6.45) is 15.1. The molecule has 14 aromatic rings. The maximum Gasteiger partial charge on any atom is 0.303 e. The Hall–Kier alpha value is -13.0. The molecule has 10 heterocycles. The van der Waals surface area contributed by atoms with E-state index in [1.54, 1.807) is 97.3 Å². The molecule has 1 amide bonds. The van der Waals surface area contributed by atoms with Crippen LogP contribution in [0.2, 0.25) is 20.1 Å². The van der Waals surface area contributed by atoms with Crippen molar-refractivity contribution in [3.8, 4) is 46.5 Å². The number of Topliss-reactive ketones (excluding diaryl/α,β-unsaturated/α-hetero) is 1. The van der Waals surface area contributed by atoms with Gasteiger partial charge in [0.25, 0.3) is 0 Å². The molecule has 1 saturated heterocycles. The molecule has 668 valence electrons. The van der Waals surface area contributed by atoms with Crippen molar-refractivity contribution >= 4 is 80.0 Å². The first-order valence-corrected chi connectivity index (χ1v) is 40.7. The highest BCUT2D eigenvalue weighted by Crippen LogP contribution is 2.43. The molecule has 129 heavy (non-hydrogen) atoms. The predicted octanol–water partition coefficient (Wildman–Crippen LogP) is 21.4. The molecule has 0 saturated carbocycles. The fourth-order valence-corrected chi connectivity index (χ4v) is 12.0. The number of epoxide rings is 1. The molecule has 2 atom stereocenters. The molecule has 2 unspecified atom stereocenters. The summed E-state index contributed by atoms with van der Waals surface area (Å²) in [6.45, 7) is 0.497. The number of ketones is 1. The Kier molecular flexibility index (Phi) is 36.7. The molecule has 39 heteroatoms. The minimum Gasteiger partial charge on any atom is -0.481 e. The van der Waals surface area contributed by atoms with Gasteiger partial charge in [0, 0.05) is 106 Å². The van der Waals surface area contributed by atoms with Crippen LogP contribution in [0.5, 0.6) is 46.5 Å². The quantitative estimate of drug-likeness (QED) is 0.0145. The number of ether oxygens (including phenoxy) is 5. The van der Waals surface area contributed by atoms with Crippen molar-refractivity contribution in [3.05, 3.63) is 372 Å². The lowest BCUT2D eigenvalue weighted by Crippen LogP contribution is -2.33. The van der Waals surface area contributed by atoms with Crippen LogP contribution in [0.3, 0.4) is 0 Å². The average molecular weight is 1920 g/mol. The van der Waals surface area contributed by atoms with Gasteiger partial charge in [-0.25, -0.2) is 83.6 Å². The maximum atomic E-state index is 14.1. The Morgan fingerprint density at radius 1 is 0.465 bits per heavy atom. The van der Waals surface area contributed by atoms with E-state index < -0.39 is 75.3 Å². The van der Waals surface area contributed by atoms with Gasteiger partial charge < -0.3 is 33.9 Å². The summed E-state index contributed by atoms with van der Waals surface area (Å²) in [5, 5.41) is 33.8. The molecule has 0 spiro atoms. The van der Waals surface area contributed by atoms with E-state index in [1.807, 2.05) is 6.07 Å². The van der Waals surface area contributed by atoms with Crippen LogP contribution in [0.4, 0.5) is 43.9 Å². The zero-order valence-corrected chi connectivity index (χ0v) is 72.2. The Morgan fingerprint density at radius 3 is 1.19 bits per heavy atom. The number of carbonyl (C=O) groups excluding carboxylic acids is 2. The van der Waals surface area contributed by atoms with Crippen molar-refractivity contribution in [2.24, 2.45) is 0 Å². The van der Waals surface area contributed by atoms with Gasteiger partial charge in [-0.05, 0) is 202 Å². The Labute approximate surface area is 758 Å². The van der Waals surface area contributed by atoms with Crippen LogP contribution >= 0.6 is 62.3 Å². The number of carboxylic acids is 1. The van der Waals surface area contributed by atoms with Gasteiger partial charge in [-0.2, -0.15) is 0 Å². The number of nitrogens with zero attached hydrogens (tertiary/aromatic N) is 13. The number of aliphatic hydroxyl groups is 1. The van der Waals surface area contributed by atoms with E-state index in [4.69, 9.17) is 75.2 Å². The number of hydrogen-bond donors (Lipinski definition) is 2. The van der Waals surface area contributed by atoms with Gasteiger partial charge in [-0.3, -0.25) is 29.2 Å². The van der Waals surface area contributed by atoms with Gasteiger partial charge in [0.2, 0.25) is 29.4 Å². The minimum absolute atomic E-state index is 0.0191. The fourth-order valence-electron chi connectivity index (χ4n) is 11.4. The van der Waals surface area contributed by atoms with Crippen molar-refractivity contribution in [2.75, 3.05) is 20.8 Å². The van der Waals surface area contributed by atoms with E-state index in [0.717, 1.165) is 57.8 Å². The van der Waals surface area contributed by atoms with E-state index in [2.05, 4.69) is 76.2 Å². The molecular weight excluding hydrogens is 1850 g/mol. The molecule has 0 bridgehead atoms. The lowest BCUT2D eigenvalue weighted by atomic mass is 9.90. The highest BCUT2D eigenvalue weighted by atomic mass is 79.9. The predicted molar refractivity (Wildman–Crippen MR) is 456 cm³/mol. The second-order valence-corrected chi connectivity index (χ2v) is 30.1. The zero-order chi connectivity index (χ0) is 92.6. The number of tetrazole rings is 1. The summed E-state index contributed by atoms with van der Waals surface area (Å²) in [4.78, 5) is 71.3. The van der Waals surface area contributed by atoms with Crippen LogP contribution in [0, 0.1) is 58.2 Å². The second kappa shape index (κ2) is 48.2. The summed E-state index contributed by atoms with van der Waals surface area (Å²) < 4.78 is 162. The Bertz CT molecular complexity index is 5960. The third kappa shape index (κ3) is 32.1. The highest BCUT2D eigenvalue weighted by Gasteiger charge is 2.47. The summed E-state index contributed by atoms with van der Waals surface area (Å²) in [6, 6.07) is 43.5. The van der Waals surface area contributed by atoms with Crippen LogP contribution in [-0.2, 0) is 69.0 Å². The molecular formula is C90H72BrCl4F10N13O11. The first-order valence-electron chi connectivity index (χ1n) is 38.3. The van der Waals surface area contributed by atoms with Crippen LogP contribution < -0.4 is 18.9 Å². The lowest BCUT2D eigenvalue weighted by Gasteiger charge is -2.27. The molecule has 9 aromatic heterocycles. The third-order valence-electron chi connectivity index (χ3n) is 18.3. The molecule has 1 aliphatic heterocycles. The number of amides is 1. The summed E-state index contributed by atoms with van der Waals surface area (Å²) in [5.41, 5.74) is 0.801. The van der Waals surface area contributed by atoms with Gasteiger partial charge in [0.15, 0.2) is 5.78 Å². The van der Waals surface area contributed by atoms with E-state index in [-0.39, 0.29) is 92.0 Å². The normalized spacial score (nSPS) is 12.6. The number of pyridine rings is 8. The molecule has 24 nitrogen and oxygen atoms in total. The number of aliphatic carboxylic acids is 1. The minimum atomic E-state index is -1.53. The van der Waals surface area contributed by atoms with E-state index in [1.165, 1.54) is 117 Å². The molecule has 0 aliphatic carbocycles. The standard InChI is InChI=1S/C21H17ClF2N6O2.C20H15ClF2N2O2.C19H13ClF2N2O2.C11H13F2NO2.C10H6BrClN2O.C9H8F2O2/c22-15-2-6-20(26-10-15)32-17-4-5-19(25-11-17)21(31,12-30-13-27-28-29-30)8-7-14-1-3-16(23)9-18(14)24;21-14-2-6-19(25-10-14)27-16-4-5-18(24-11-16)20(12-26-20)8-7-13-1-3-15(22)9-17(13)23;20-13-3-8-19(24-10-13)26-15-5-6-17(23-11-15)18(25)7-2-12-1-4-14(21)9-16(12)22;1-14(16-2)11(15)6-4-8-3-5-9(12)7-10(8)13;11-9-3-2-8(6-13-9)15-10-4-1-7(12)5-14-10;10-7-3-1-6(8(11)5-7)2-4-9(12)13/h1-6,9-11,13,31H,7-8,12H2;1-6,9-11H,7-8,12H2;1,3-6,8-11H,2,7H2;3,5,7H,4,6H2,1-2H3;1-6H;1,3,5H,2,4H2,(H,12,13). The van der Waals surface area contributed by atoms with Crippen molar-refractivity contribution in [1.29, 1.82) is 0 Å². The smallest absolute Gasteiger partial charge is 0.303 e. The first kappa shape index (κ1) is 98.2. The van der Waals surface area contributed by atoms with E-state index in [9.17, 15) is 63.4 Å². The monoisotopic (exact) mass is 1920 g/mol.